The summed E-state index contributed by atoms with van der Waals surface area (Å²) in [6, 6.07) is 0. The molecule has 14 heteroatoms. The van der Waals surface area contributed by atoms with Crippen molar-refractivity contribution in [2.75, 3.05) is 76.6 Å². The SMILES string of the molecule is CCOP(=O)(CCP(=O)(CCP(=O)(OCC)OCC)CCP(=O)(OCC)OCC)OCC. The average Bonchev–Trinajstić information content (AvgIpc) is 2.71. The minimum atomic E-state index is -3.43. The fraction of sp³-hybridized carbons (Fsp3) is 1.00. The van der Waals surface area contributed by atoms with Crippen LogP contribution < -0.4 is 0 Å². The molecule has 0 unspecified atom stereocenters. The molecule has 0 fully saturated rings. The van der Waals surface area contributed by atoms with E-state index in [2.05, 4.69) is 0 Å². The number of hydrogen-bond donors (Lipinski definition) is 0. The van der Waals surface area contributed by atoms with Gasteiger partial charge in [-0.05, 0) is 41.5 Å². The van der Waals surface area contributed by atoms with Gasteiger partial charge >= 0.3 is 22.8 Å². The molecule has 0 aromatic rings. The van der Waals surface area contributed by atoms with Gasteiger partial charge in [0.05, 0.1) is 65.3 Å². The van der Waals surface area contributed by atoms with Gasteiger partial charge < -0.3 is 31.7 Å². The Morgan fingerprint density at radius 3 is 0.719 bits per heavy atom. The molecule has 0 radical (unpaired) electrons. The maximum atomic E-state index is 13.9. The van der Waals surface area contributed by atoms with Crippen molar-refractivity contribution >= 4 is 29.9 Å². The van der Waals surface area contributed by atoms with E-state index in [0.29, 0.717) is 0 Å². The molecule has 194 valence electrons. The predicted molar refractivity (Wildman–Crippen MR) is 129 cm³/mol. The van der Waals surface area contributed by atoms with E-state index < -0.39 is 29.9 Å². The normalized spacial score (nSPS) is 13.6. The maximum absolute atomic E-state index is 13.9. The van der Waals surface area contributed by atoms with E-state index >= 15 is 0 Å². The van der Waals surface area contributed by atoms with Crippen LogP contribution >= 0.6 is 29.9 Å². The minimum Gasteiger partial charge on any atom is -0.324 e. The molecule has 0 rings (SSSR count). The van der Waals surface area contributed by atoms with Gasteiger partial charge in [0.1, 0.15) is 0 Å². The molecule has 0 amide bonds. The molecule has 0 aliphatic carbocycles. The van der Waals surface area contributed by atoms with Gasteiger partial charge in [0.15, 0.2) is 0 Å². The largest absolute Gasteiger partial charge is 0.331 e. The third-order valence-electron chi connectivity index (χ3n) is 4.30. The summed E-state index contributed by atoms with van der Waals surface area (Å²) in [5.41, 5.74) is 0. The topological polar surface area (TPSA) is 124 Å². The molecule has 0 aromatic heterocycles. The van der Waals surface area contributed by atoms with E-state index in [0.717, 1.165) is 0 Å². The third kappa shape index (κ3) is 13.0. The molecule has 0 saturated carbocycles. The fourth-order valence-electron chi connectivity index (χ4n) is 2.93. The Labute approximate surface area is 193 Å². The summed E-state index contributed by atoms with van der Waals surface area (Å²) in [5, 5.41) is 0. The van der Waals surface area contributed by atoms with Gasteiger partial charge in [-0.3, -0.25) is 13.7 Å². The van der Waals surface area contributed by atoms with E-state index in [9.17, 15) is 18.3 Å². The van der Waals surface area contributed by atoms with Crippen molar-refractivity contribution in [3.63, 3.8) is 0 Å². The molecule has 0 bridgehead atoms. The molecule has 0 saturated heterocycles. The molecule has 10 nitrogen and oxygen atoms in total. The molecule has 0 aliphatic heterocycles. The highest BCUT2D eigenvalue weighted by Crippen LogP contribution is 2.60. The first-order valence-electron chi connectivity index (χ1n) is 11.2. The van der Waals surface area contributed by atoms with E-state index in [1.165, 1.54) is 0 Å². The van der Waals surface area contributed by atoms with Crippen molar-refractivity contribution in [1.82, 2.24) is 0 Å². The third-order valence-corrected chi connectivity index (χ3v) is 14.7. The molecule has 0 aromatic carbocycles. The molecule has 0 heterocycles. The van der Waals surface area contributed by atoms with Crippen LogP contribution in [0.2, 0.25) is 0 Å². The molecule has 0 spiro atoms. The number of rotatable bonds is 21. The summed E-state index contributed by atoms with van der Waals surface area (Å²) in [6.45, 7) is 11.3. The van der Waals surface area contributed by atoms with Crippen molar-refractivity contribution in [2.45, 2.75) is 41.5 Å². The van der Waals surface area contributed by atoms with Crippen LogP contribution in [-0.4, -0.2) is 76.6 Å². The van der Waals surface area contributed by atoms with Crippen LogP contribution in [0.5, 0.6) is 0 Å². The van der Waals surface area contributed by atoms with Crippen LogP contribution in [0.25, 0.3) is 0 Å². The lowest BCUT2D eigenvalue weighted by Gasteiger charge is -2.25. The van der Waals surface area contributed by atoms with Crippen LogP contribution in [0, 0.1) is 0 Å². The highest BCUT2D eigenvalue weighted by molar-refractivity contribution is 7.67. The smallest absolute Gasteiger partial charge is 0.324 e. The number of hydrogen-bond acceptors (Lipinski definition) is 10. The second-order valence-electron chi connectivity index (χ2n) is 6.74. The highest BCUT2D eigenvalue weighted by Gasteiger charge is 2.36. The zero-order valence-corrected chi connectivity index (χ0v) is 23.9. The van der Waals surface area contributed by atoms with Gasteiger partial charge in [-0.15, -0.1) is 0 Å². The molecule has 0 N–H and O–H groups in total. The first kappa shape index (κ1) is 32.7. The Morgan fingerprint density at radius 1 is 0.375 bits per heavy atom. The lowest BCUT2D eigenvalue weighted by molar-refractivity contribution is 0.221. The van der Waals surface area contributed by atoms with Crippen molar-refractivity contribution < 1.29 is 45.4 Å². The Bertz CT molecular complexity index is 579. The summed E-state index contributed by atoms with van der Waals surface area (Å²) in [4.78, 5) is 0. The first-order valence-corrected chi connectivity index (χ1v) is 18.6. The lowest BCUT2D eigenvalue weighted by atomic mass is 10.9. The van der Waals surface area contributed by atoms with Gasteiger partial charge in [-0.2, -0.15) is 0 Å². The van der Waals surface area contributed by atoms with Gasteiger partial charge in [0.25, 0.3) is 0 Å². The van der Waals surface area contributed by atoms with Crippen LogP contribution in [0.15, 0.2) is 0 Å². The zero-order chi connectivity index (χ0) is 24.7. The minimum absolute atomic E-state index is 0.0147. The molecular weight excluding hydrogens is 500 g/mol. The standard InChI is InChI=1S/C18H42O10P4/c1-7-23-30(20,24-8-2)16-13-29(19,14-17-31(21,25-9-3)26-10-4)15-18-32(22,27-11-5)28-12-6/h7-18H2,1-6H3. The zero-order valence-electron chi connectivity index (χ0n) is 20.4. The van der Waals surface area contributed by atoms with Crippen molar-refractivity contribution in [3.8, 4) is 0 Å². The summed E-state index contributed by atoms with van der Waals surface area (Å²) in [7, 11) is -13.4. The van der Waals surface area contributed by atoms with Crippen LogP contribution in [0.3, 0.4) is 0 Å². The van der Waals surface area contributed by atoms with Crippen molar-refractivity contribution in [2.24, 2.45) is 0 Å². The average molecular weight is 542 g/mol. The van der Waals surface area contributed by atoms with E-state index in [4.69, 9.17) is 27.1 Å². The lowest BCUT2D eigenvalue weighted by Crippen LogP contribution is -2.14. The monoisotopic (exact) mass is 542 g/mol. The Hall–Kier alpha value is 0.680. The highest BCUT2D eigenvalue weighted by atomic mass is 31.2. The maximum Gasteiger partial charge on any atom is 0.331 e. The van der Waals surface area contributed by atoms with Crippen molar-refractivity contribution in [1.29, 1.82) is 0 Å². The van der Waals surface area contributed by atoms with Gasteiger partial charge in [-0.25, -0.2) is 0 Å². The summed E-state index contributed by atoms with van der Waals surface area (Å²) in [5.74, 6) is 0. The molecular formula is C18H42O10P4. The van der Waals surface area contributed by atoms with Crippen molar-refractivity contribution in [3.05, 3.63) is 0 Å². The molecule has 0 atom stereocenters. The summed E-state index contributed by atoms with van der Waals surface area (Å²) >= 11 is 0. The van der Waals surface area contributed by atoms with Gasteiger partial charge in [0.2, 0.25) is 0 Å². The van der Waals surface area contributed by atoms with Gasteiger partial charge in [0, 0.05) is 18.5 Å². The van der Waals surface area contributed by atoms with E-state index in [1.807, 2.05) is 0 Å². The second kappa shape index (κ2) is 16.4. The van der Waals surface area contributed by atoms with Gasteiger partial charge in [-0.1, -0.05) is 0 Å². The van der Waals surface area contributed by atoms with Crippen LogP contribution in [-0.2, 0) is 45.4 Å². The summed E-state index contributed by atoms with van der Waals surface area (Å²) < 4.78 is 84.5. The van der Waals surface area contributed by atoms with E-state index in [-0.39, 0.29) is 76.6 Å². The Morgan fingerprint density at radius 2 is 0.562 bits per heavy atom. The molecule has 0 aliphatic rings. The molecule has 32 heavy (non-hydrogen) atoms. The predicted octanol–water partition coefficient (Wildman–Crippen LogP) is 6.15. The Balaban J connectivity index is 5.64. The Kier molecular flexibility index (Phi) is 16.7. The first-order chi connectivity index (χ1) is 15.0. The second-order valence-corrected chi connectivity index (χ2v) is 16.8. The summed E-state index contributed by atoms with van der Waals surface area (Å²) in [6.07, 6.45) is -0.143. The quantitative estimate of drug-likeness (QED) is 0.156. The van der Waals surface area contributed by atoms with Crippen LogP contribution in [0.4, 0.5) is 0 Å². The fourth-order valence-corrected chi connectivity index (χ4v) is 14.3. The van der Waals surface area contributed by atoms with Crippen LogP contribution in [0.1, 0.15) is 41.5 Å². The van der Waals surface area contributed by atoms with E-state index in [1.54, 1.807) is 41.5 Å².